The predicted molar refractivity (Wildman–Crippen MR) is 72.2 cm³/mol. The largest absolute Gasteiger partial charge is 0.0917 e. The van der Waals surface area contributed by atoms with Crippen LogP contribution >= 0.6 is 0 Å². The normalized spacial score (nSPS) is 12.5. The summed E-state index contributed by atoms with van der Waals surface area (Å²) in [6.45, 7) is 13.7. The maximum atomic E-state index is 4.24. The maximum Gasteiger partial charge on any atom is 0.0917 e. The van der Waals surface area contributed by atoms with Crippen molar-refractivity contribution < 1.29 is 0 Å². The van der Waals surface area contributed by atoms with Gasteiger partial charge in [-0.2, -0.15) is 0 Å². The molecule has 1 heteroatoms. The second-order valence-electron chi connectivity index (χ2n) is 4.97. The summed E-state index contributed by atoms with van der Waals surface area (Å²) >= 11 is 0. The molecule has 1 aromatic rings. The van der Waals surface area contributed by atoms with Crippen LogP contribution in [0.3, 0.4) is 0 Å². The van der Waals surface area contributed by atoms with Gasteiger partial charge in [-0.15, -0.1) is 0 Å². The highest BCUT2D eigenvalue weighted by atomic mass is 28.3. The molecule has 1 rings (SSSR count). The molecule has 1 aromatic carbocycles. The van der Waals surface area contributed by atoms with E-state index < -0.39 is 8.07 Å². The molecule has 0 saturated carbocycles. The van der Waals surface area contributed by atoms with Crippen molar-refractivity contribution in [3.05, 3.63) is 37.3 Å². The van der Waals surface area contributed by atoms with Crippen LogP contribution in [-0.4, -0.2) is 8.07 Å². The monoisotopic (exact) mass is 219 g/mol. The van der Waals surface area contributed by atoms with E-state index in [-0.39, 0.29) is 0 Å². The van der Waals surface area contributed by atoms with Crippen molar-refractivity contribution in [3.63, 3.8) is 0 Å². The molecule has 15 heavy (non-hydrogen) atoms. The predicted octanol–water partition coefficient (Wildman–Crippen LogP) is 4.00. The summed E-state index contributed by atoms with van der Waals surface area (Å²) in [6, 6.07) is 12.1. The lowest BCUT2D eigenvalue weighted by molar-refractivity contribution is 0.905. The fraction of sp³-hybridized carbons (Fsp3) is 0.500. The van der Waals surface area contributed by atoms with Crippen molar-refractivity contribution >= 4 is 13.3 Å². The number of hydrogen-bond donors (Lipinski definition) is 0. The first kappa shape index (κ1) is 12.5. The summed E-state index contributed by atoms with van der Waals surface area (Å²) in [6.07, 6.45) is 0. The third kappa shape index (κ3) is 2.17. The van der Waals surface area contributed by atoms with E-state index in [1.54, 1.807) is 5.19 Å². The third-order valence-corrected chi connectivity index (χ3v) is 10.1. The van der Waals surface area contributed by atoms with Gasteiger partial charge in [-0.3, -0.25) is 0 Å². The first-order chi connectivity index (χ1) is 7.05. The van der Waals surface area contributed by atoms with Crippen molar-refractivity contribution in [2.75, 3.05) is 0 Å². The summed E-state index contributed by atoms with van der Waals surface area (Å²) in [7, 11) is -1.41. The Labute approximate surface area is 95.7 Å². The number of benzene rings is 1. The second kappa shape index (κ2) is 4.98. The van der Waals surface area contributed by atoms with Crippen molar-refractivity contribution in [1.29, 1.82) is 0 Å². The molecule has 83 valence electrons. The molecule has 0 aromatic heterocycles. The van der Waals surface area contributed by atoms with Crippen LogP contribution in [0.5, 0.6) is 0 Å². The Kier molecular flexibility index (Phi) is 4.15. The van der Waals surface area contributed by atoms with Crippen LogP contribution in [0, 0.1) is 6.92 Å². The molecule has 0 N–H and O–H groups in total. The number of rotatable bonds is 4. The Hall–Kier alpha value is -0.563. The number of hydrogen-bond acceptors (Lipinski definition) is 0. The smallest absolute Gasteiger partial charge is 0.0648 e. The van der Waals surface area contributed by atoms with E-state index in [0.29, 0.717) is 0 Å². The van der Waals surface area contributed by atoms with Gasteiger partial charge in [-0.05, 0) is 11.1 Å². The zero-order valence-corrected chi connectivity index (χ0v) is 11.5. The van der Waals surface area contributed by atoms with E-state index in [2.05, 4.69) is 65.0 Å². The molecule has 0 aliphatic rings. The molecule has 0 unspecified atom stereocenters. The van der Waals surface area contributed by atoms with Crippen LogP contribution in [0.15, 0.2) is 30.3 Å². The lowest BCUT2D eigenvalue weighted by Crippen LogP contribution is -2.52. The van der Waals surface area contributed by atoms with Crippen molar-refractivity contribution in [1.82, 2.24) is 0 Å². The van der Waals surface area contributed by atoms with Gasteiger partial charge in [0.05, 0.1) is 8.07 Å². The Morgan fingerprint density at radius 3 is 1.80 bits per heavy atom. The topological polar surface area (TPSA) is 0 Å². The highest BCUT2D eigenvalue weighted by Crippen LogP contribution is 2.34. The van der Waals surface area contributed by atoms with E-state index in [4.69, 9.17) is 0 Å². The van der Waals surface area contributed by atoms with E-state index in [9.17, 15) is 0 Å². The second-order valence-corrected chi connectivity index (χ2v) is 10.4. The fourth-order valence-electron chi connectivity index (χ4n) is 2.80. The van der Waals surface area contributed by atoms with Crippen LogP contribution in [0.2, 0.25) is 17.1 Å². The first-order valence-electron chi connectivity index (χ1n) is 5.90. The SMILES string of the molecule is [CH2]C[Si](c1ccccc1)(C(C)C)C(C)C. The van der Waals surface area contributed by atoms with Crippen LogP contribution in [-0.2, 0) is 0 Å². The summed E-state index contributed by atoms with van der Waals surface area (Å²) in [4.78, 5) is 0. The van der Waals surface area contributed by atoms with Gasteiger partial charge >= 0.3 is 0 Å². The van der Waals surface area contributed by atoms with E-state index in [1.807, 2.05) is 0 Å². The molecule has 0 nitrogen and oxygen atoms in total. The maximum absolute atomic E-state index is 4.24. The van der Waals surface area contributed by atoms with Gasteiger partial charge in [0.1, 0.15) is 0 Å². The van der Waals surface area contributed by atoms with Gasteiger partial charge in [0, 0.05) is 0 Å². The van der Waals surface area contributed by atoms with Gasteiger partial charge in [0.2, 0.25) is 0 Å². The van der Waals surface area contributed by atoms with Gasteiger partial charge in [0.25, 0.3) is 0 Å². The lowest BCUT2D eigenvalue weighted by atomic mass is 10.4. The standard InChI is InChI=1S/C14H23Si/c1-6-15(12(2)3,13(4)5)14-10-8-7-9-11-14/h7-13H,1,6H2,2-5H3. The Balaban J connectivity index is 3.22. The van der Waals surface area contributed by atoms with E-state index in [1.165, 1.54) is 0 Å². The van der Waals surface area contributed by atoms with Crippen molar-refractivity contribution in [3.8, 4) is 0 Å². The summed E-state index contributed by atoms with van der Waals surface area (Å²) < 4.78 is 0. The minimum Gasteiger partial charge on any atom is -0.0648 e. The molecule has 0 bridgehead atoms. The van der Waals surface area contributed by atoms with E-state index in [0.717, 1.165) is 17.1 Å². The molecule has 0 spiro atoms. The quantitative estimate of drug-likeness (QED) is 0.672. The minimum absolute atomic E-state index is 0.761. The van der Waals surface area contributed by atoms with Gasteiger partial charge < -0.3 is 0 Å². The zero-order chi connectivity index (χ0) is 11.5. The molecular weight excluding hydrogens is 196 g/mol. The van der Waals surface area contributed by atoms with Crippen LogP contribution in [0.1, 0.15) is 27.7 Å². The Bertz CT molecular complexity index is 279. The Morgan fingerprint density at radius 2 is 1.47 bits per heavy atom. The van der Waals surface area contributed by atoms with Gasteiger partial charge in [-0.1, -0.05) is 76.2 Å². The molecule has 0 aliphatic heterocycles. The van der Waals surface area contributed by atoms with Crippen LogP contribution in [0.4, 0.5) is 0 Å². The third-order valence-electron chi connectivity index (χ3n) is 3.79. The van der Waals surface area contributed by atoms with Gasteiger partial charge in [0.15, 0.2) is 0 Å². The molecular formula is C14H23Si. The molecule has 0 atom stereocenters. The van der Waals surface area contributed by atoms with Crippen LogP contribution < -0.4 is 5.19 Å². The highest BCUT2D eigenvalue weighted by molar-refractivity contribution is 6.94. The average molecular weight is 219 g/mol. The Morgan fingerprint density at radius 1 is 1.00 bits per heavy atom. The molecule has 0 fully saturated rings. The average Bonchev–Trinajstić information content (AvgIpc) is 2.20. The molecule has 0 heterocycles. The van der Waals surface area contributed by atoms with Crippen LogP contribution in [0.25, 0.3) is 0 Å². The van der Waals surface area contributed by atoms with Gasteiger partial charge in [-0.25, -0.2) is 0 Å². The summed E-state index contributed by atoms with van der Waals surface area (Å²) in [5.74, 6) is 0. The summed E-state index contributed by atoms with van der Waals surface area (Å²) in [5.41, 5.74) is 1.52. The fourth-order valence-corrected chi connectivity index (χ4v) is 7.73. The molecule has 0 saturated heterocycles. The first-order valence-corrected chi connectivity index (χ1v) is 8.26. The minimum atomic E-state index is -1.41. The summed E-state index contributed by atoms with van der Waals surface area (Å²) in [5, 5.41) is 1.57. The molecule has 0 aliphatic carbocycles. The highest BCUT2D eigenvalue weighted by Gasteiger charge is 2.39. The molecule has 1 radical (unpaired) electrons. The zero-order valence-electron chi connectivity index (χ0n) is 10.5. The van der Waals surface area contributed by atoms with E-state index >= 15 is 0 Å². The molecule has 0 amide bonds. The van der Waals surface area contributed by atoms with Crippen molar-refractivity contribution in [2.24, 2.45) is 0 Å². The van der Waals surface area contributed by atoms with Crippen molar-refractivity contribution in [2.45, 2.75) is 44.8 Å². The lowest BCUT2D eigenvalue weighted by Gasteiger charge is -2.39.